The van der Waals surface area contributed by atoms with E-state index < -0.39 is 6.10 Å². The Morgan fingerprint density at radius 1 is 1.47 bits per heavy atom. The van der Waals surface area contributed by atoms with E-state index in [1.54, 1.807) is 24.3 Å². The van der Waals surface area contributed by atoms with Crippen LogP contribution in [0.25, 0.3) is 0 Å². The number of nitrogens with one attached hydrogen (secondary N) is 1. The molecule has 1 unspecified atom stereocenters. The summed E-state index contributed by atoms with van der Waals surface area (Å²) in [6, 6.07) is 9.05. The van der Waals surface area contributed by atoms with E-state index in [2.05, 4.69) is 17.5 Å². The van der Waals surface area contributed by atoms with Crippen molar-refractivity contribution in [1.29, 1.82) is 5.26 Å². The maximum atomic E-state index is 9.75. The van der Waals surface area contributed by atoms with Gasteiger partial charge in [0.05, 0.1) is 5.56 Å². The molecule has 0 aliphatic heterocycles. The summed E-state index contributed by atoms with van der Waals surface area (Å²) in [4.78, 5) is 0. The van der Waals surface area contributed by atoms with Crippen LogP contribution >= 0.6 is 0 Å². The third-order valence-corrected chi connectivity index (χ3v) is 2.47. The van der Waals surface area contributed by atoms with E-state index in [1.807, 2.05) is 13.8 Å². The molecular weight excluding hydrogens is 240 g/mol. The Kier molecular flexibility index (Phi) is 6.65. The number of ether oxygens (including phenoxy) is 1. The third-order valence-electron chi connectivity index (χ3n) is 2.47. The van der Waals surface area contributed by atoms with Crippen molar-refractivity contribution in [2.45, 2.75) is 20.0 Å². The Hall–Kier alpha value is -1.83. The molecule has 0 amide bonds. The third kappa shape index (κ3) is 6.05. The minimum atomic E-state index is -0.600. The summed E-state index contributed by atoms with van der Waals surface area (Å²) >= 11 is 0. The highest BCUT2D eigenvalue weighted by Gasteiger charge is 2.06. The van der Waals surface area contributed by atoms with Gasteiger partial charge in [-0.2, -0.15) is 5.26 Å². The maximum Gasteiger partial charge on any atom is 0.137 e. The number of rotatable bonds is 7. The van der Waals surface area contributed by atoms with Crippen LogP contribution < -0.4 is 10.1 Å². The number of hydrogen-bond donors (Lipinski definition) is 2. The van der Waals surface area contributed by atoms with Gasteiger partial charge in [-0.25, -0.2) is 0 Å². The van der Waals surface area contributed by atoms with E-state index in [-0.39, 0.29) is 6.61 Å². The van der Waals surface area contributed by atoms with Crippen molar-refractivity contribution in [3.63, 3.8) is 0 Å². The van der Waals surface area contributed by atoms with Gasteiger partial charge in [-0.3, -0.25) is 0 Å². The first-order chi connectivity index (χ1) is 9.13. The minimum Gasteiger partial charge on any atom is -0.489 e. The Morgan fingerprint density at radius 2 is 2.21 bits per heavy atom. The van der Waals surface area contributed by atoms with E-state index in [4.69, 9.17) is 10.00 Å². The normalized spacial score (nSPS) is 11.5. The Morgan fingerprint density at radius 3 is 2.89 bits per heavy atom. The molecular formula is C15H20N2O2. The number of nitrogens with zero attached hydrogens (tertiary/aromatic N) is 1. The minimum absolute atomic E-state index is 0.167. The number of benzene rings is 1. The maximum absolute atomic E-state index is 9.75. The summed E-state index contributed by atoms with van der Waals surface area (Å²) in [7, 11) is 0. The van der Waals surface area contributed by atoms with Crippen molar-refractivity contribution >= 4 is 0 Å². The predicted octanol–water partition coefficient (Wildman–Crippen LogP) is 1.85. The fourth-order valence-electron chi connectivity index (χ4n) is 1.46. The Balaban J connectivity index is 2.32. The lowest BCUT2D eigenvalue weighted by Gasteiger charge is -2.13. The highest BCUT2D eigenvalue weighted by molar-refractivity contribution is 5.42. The molecule has 0 fully saturated rings. The Bertz CT molecular complexity index is 459. The zero-order chi connectivity index (χ0) is 14.1. The molecule has 1 rings (SSSR count). The van der Waals surface area contributed by atoms with Gasteiger partial charge in [0.25, 0.3) is 0 Å². The molecule has 102 valence electrons. The summed E-state index contributed by atoms with van der Waals surface area (Å²) in [5.74, 6) is 0.508. The monoisotopic (exact) mass is 260 g/mol. The smallest absolute Gasteiger partial charge is 0.137 e. The van der Waals surface area contributed by atoms with Gasteiger partial charge in [0.1, 0.15) is 24.5 Å². The highest BCUT2D eigenvalue weighted by Crippen LogP contribution is 2.16. The van der Waals surface area contributed by atoms with Gasteiger partial charge < -0.3 is 15.2 Å². The summed E-state index contributed by atoms with van der Waals surface area (Å²) in [6.07, 6.45) is 1.45. The molecule has 0 aliphatic carbocycles. The topological polar surface area (TPSA) is 65.3 Å². The summed E-state index contributed by atoms with van der Waals surface area (Å²) in [6.45, 7) is 5.41. The van der Waals surface area contributed by atoms with Gasteiger partial charge in [0, 0.05) is 13.1 Å². The molecule has 0 saturated carbocycles. The second-order valence-corrected chi connectivity index (χ2v) is 4.51. The first kappa shape index (κ1) is 15.2. The Labute approximate surface area is 114 Å². The van der Waals surface area contributed by atoms with Crippen LogP contribution in [0.15, 0.2) is 35.9 Å². The van der Waals surface area contributed by atoms with Gasteiger partial charge in [0.2, 0.25) is 0 Å². The molecule has 0 bridgehead atoms. The van der Waals surface area contributed by atoms with Crippen LogP contribution in [-0.4, -0.2) is 30.9 Å². The molecule has 1 aromatic rings. The fraction of sp³-hybridized carbons (Fsp3) is 0.400. The zero-order valence-corrected chi connectivity index (χ0v) is 11.4. The van der Waals surface area contributed by atoms with Crippen molar-refractivity contribution in [3.8, 4) is 11.8 Å². The van der Waals surface area contributed by atoms with Crippen LogP contribution in [0, 0.1) is 11.3 Å². The second-order valence-electron chi connectivity index (χ2n) is 4.51. The first-order valence-electron chi connectivity index (χ1n) is 6.27. The molecule has 0 aromatic heterocycles. The van der Waals surface area contributed by atoms with Crippen molar-refractivity contribution in [2.24, 2.45) is 0 Å². The van der Waals surface area contributed by atoms with Crippen molar-refractivity contribution in [1.82, 2.24) is 5.32 Å². The fourth-order valence-corrected chi connectivity index (χ4v) is 1.46. The summed E-state index contributed by atoms with van der Waals surface area (Å²) in [5.41, 5.74) is 1.72. The van der Waals surface area contributed by atoms with Gasteiger partial charge in [-0.1, -0.05) is 23.8 Å². The van der Waals surface area contributed by atoms with Crippen molar-refractivity contribution in [2.75, 3.05) is 19.7 Å². The number of allylic oxidation sites excluding steroid dienone is 1. The first-order valence-corrected chi connectivity index (χ1v) is 6.27. The van der Waals surface area contributed by atoms with Crippen LogP contribution in [-0.2, 0) is 0 Å². The van der Waals surface area contributed by atoms with Crippen LogP contribution in [0.1, 0.15) is 19.4 Å². The van der Waals surface area contributed by atoms with Crippen LogP contribution in [0.4, 0.5) is 0 Å². The average Bonchev–Trinajstić information content (AvgIpc) is 2.41. The van der Waals surface area contributed by atoms with E-state index in [0.29, 0.717) is 17.9 Å². The van der Waals surface area contributed by atoms with Gasteiger partial charge in [-0.15, -0.1) is 0 Å². The molecule has 1 atom stereocenters. The lowest BCUT2D eigenvalue weighted by molar-refractivity contribution is 0.107. The number of aliphatic hydroxyl groups excluding tert-OH is 1. The molecule has 4 heteroatoms. The number of para-hydroxylation sites is 1. The molecule has 0 heterocycles. The quantitative estimate of drug-likeness (QED) is 0.580. The van der Waals surface area contributed by atoms with Gasteiger partial charge >= 0.3 is 0 Å². The van der Waals surface area contributed by atoms with E-state index in [0.717, 1.165) is 6.54 Å². The zero-order valence-electron chi connectivity index (χ0n) is 11.4. The summed E-state index contributed by atoms with van der Waals surface area (Å²) < 4.78 is 5.44. The average molecular weight is 260 g/mol. The largest absolute Gasteiger partial charge is 0.489 e. The molecule has 2 N–H and O–H groups in total. The number of aliphatic hydroxyl groups is 1. The molecule has 19 heavy (non-hydrogen) atoms. The highest BCUT2D eigenvalue weighted by atomic mass is 16.5. The molecule has 0 saturated heterocycles. The number of hydrogen-bond acceptors (Lipinski definition) is 4. The molecule has 0 spiro atoms. The predicted molar refractivity (Wildman–Crippen MR) is 75.0 cm³/mol. The standard InChI is InChI=1S/C15H20N2O2/c1-12(2)7-8-17-10-14(18)11-19-15-6-4-3-5-13(15)9-16/h3-7,14,17-18H,8,10-11H2,1-2H3. The summed E-state index contributed by atoms with van der Waals surface area (Å²) in [5, 5.41) is 21.8. The van der Waals surface area contributed by atoms with Gasteiger partial charge in [0.15, 0.2) is 0 Å². The van der Waals surface area contributed by atoms with E-state index >= 15 is 0 Å². The lowest BCUT2D eigenvalue weighted by atomic mass is 10.2. The van der Waals surface area contributed by atoms with Gasteiger partial charge in [-0.05, 0) is 26.0 Å². The molecule has 4 nitrogen and oxygen atoms in total. The van der Waals surface area contributed by atoms with E-state index in [9.17, 15) is 5.11 Å². The molecule has 0 aliphatic rings. The molecule has 1 aromatic carbocycles. The lowest BCUT2D eigenvalue weighted by Crippen LogP contribution is -2.31. The van der Waals surface area contributed by atoms with Crippen LogP contribution in [0.5, 0.6) is 5.75 Å². The van der Waals surface area contributed by atoms with E-state index in [1.165, 1.54) is 5.57 Å². The second kappa shape index (κ2) is 8.30. The number of nitriles is 1. The van der Waals surface area contributed by atoms with Crippen molar-refractivity contribution in [3.05, 3.63) is 41.5 Å². The molecule has 0 radical (unpaired) electrons. The van der Waals surface area contributed by atoms with Crippen molar-refractivity contribution < 1.29 is 9.84 Å². The SMILES string of the molecule is CC(C)=CCNCC(O)COc1ccccc1C#N. The van der Waals surface area contributed by atoms with Crippen LogP contribution in [0.3, 0.4) is 0 Å². The van der Waals surface area contributed by atoms with Crippen LogP contribution in [0.2, 0.25) is 0 Å².